The largest absolute Gasteiger partial charge is 0.351 e. The summed E-state index contributed by atoms with van der Waals surface area (Å²) in [7, 11) is 0. The summed E-state index contributed by atoms with van der Waals surface area (Å²) in [6, 6.07) is 9.59. The second-order valence-electron chi connectivity index (χ2n) is 5.28. The van der Waals surface area contributed by atoms with Crippen molar-refractivity contribution in [2.24, 2.45) is 0 Å². The molecule has 0 bridgehead atoms. The van der Waals surface area contributed by atoms with Crippen LogP contribution in [0.4, 0.5) is 11.6 Å². The van der Waals surface area contributed by atoms with Gasteiger partial charge in [-0.2, -0.15) is 0 Å². The van der Waals surface area contributed by atoms with E-state index in [0.29, 0.717) is 24.7 Å². The van der Waals surface area contributed by atoms with Crippen LogP contribution >= 0.6 is 0 Å². The second kappa shape index (κ2) is 7.54. The first-order valence-corrected chi connectivity index (χ1v) is 7.64. The lowest BCUT2D eigenvalue weighted by Crippen LogP contribution is -2.31. The fourth-order valence-corrected chi connectivity index (χ4v) is 2.30. The van der Waals surface area contributed by atoms with E-state index in [2.05, 4.69) is 21.9 Å². The molecule has 0 unspecified atom stereocenters. The summed E-state index contributed by atoms with van der Waals surface area (Å²) in [6.45, 7) is 10.6. The zero-order valence-electron chi connectivity index (χ0n) is 13.8. The number of aromatic nitrogens is 2. The van der Waals surface area contributed by atoms with Crippen LogP contribution in [-0.4, -0.2) is 29.0 Å². The Labute approximate surface area is 137 Å². The zero-order valence-corrected chi connectivity index (χ0v) is 13.8. The van der Waals surface area contributed by atoms with E-state index >= 15 is 0 Å². The van der Waals surface area contributed by atoms with Gasteiger partial charge in [0.1, 0.15) is 5.69 Å². The fraction of sp³-hybridized carbons (Fsp3) is 0.278. The Kier molecular flexibility index (Phi) is 5.46. The molecule has 0 aliphatic rings. The molecule has 0 spiro atoms. The third-order valence-corrected chi connectivity index (χ3v) is 3.35. The van der Waals surface area contributed by atoms with Crippen LogP contribution in [0, 0.1) is 13.8 Å². The van der Waals surface area contributed by atoms with Gasteiger partial charge in [0.05, 0.1) is 0 Å². The predicted molar refractivity (Wildman–Crippen MR) is 94.0 cm³/mol. The molecule has 1 aromatic heterocycles. The van der Waals surface area contributed by atoms with Gasteiger partial charge < -0.3 is 10.2 Å². The molecule has 2 aromatic rings. The molecule has 120 valence electrons. The van der Waals surface area contributed by atoms with Gasteiger partial charge in [0.2, 0.25) is 5.95 Å². The van der Waals surface area contributed by atoms with E-state index in [1.54, 1.807) is 17.0 Å². The van der Waals surface area contributed by atoms with E-state index in [1.807, 2.05) is 45.0 Å². The third kappa shape index (κ3) is 4.16. The molecule has 0 aliphatic carbocycles. The molecule has 0 saturated heterocycles. The van der Waals surface area contributed by atoms with Crippen LogP contribution in [-0.2, 0) is 0 Å². The summed E-state index contributed by atoms with van der Waals surface area (Å²) < 4.78 is 0. The van der Waals surface area contributed by atoms with Crippen molar-refractivity contribution in [3.8, 4) is 0 Å². The Morgan fingerprint density at radius 1 is 1.30 bits per heavy atom. The van der Waals surface area contributed by atoms with Gasteiger partial charge in [-0.3, -0.25) is 4.79 Å². The topological polar surface area (TPSA) is 58.1 Å². The molecular formula is C18H22N4O. The van der Waals surface area contributed by atoms with Gasteiger partial charge in [-0.05, 0) is 44.5 Å². The molecule has 0 saturated carbocycles. The van der Waals surface area contributed by atoms with Gasteiger partial charge in [-0.15, -0.1) is 6.58 Å². The van der Waals surface area contributed by atoms with Gasteiger partial charge in [0.15, 0.2) is 0 Å². The summed E-state index contributed by atoms with van der Waals surface area (Å²) in [4.78, 5) is 23.2. The molecule has 0 radical (unpaired) electrons. The number of nitrogens with one attached hydrogen (secondary N) is 1. The number of hydrogen-bond donors (Lipinski definition) is 1. The van der Waals surface area contributed by atoms with Crippen LogP contribution in [0.15, 0.2) is 43.0 Å². The van der Waals surface area contributed by atoms with Crippen LogP contribution in [0.2, 0.25) is 0 Å². The van der Waals surface area contributed by atoms with Crippen molar-refractivity contribution in [1.82, 2.24) is 9.97 Å². The molecule has 0 atom stereocenters. The van der Waals surface area contributed by atoms with Crippen LogP contribution in [0.3, 0.4) is 0 Å². The minimum atomic E-state index is -0.134. The molecule has 0 aliphatic heterocycles. The molecule has 5 heteroatoms. The second-order valence-corrected chi connectivity index (χ2v) is 5.28. The quantitative estimate of drug-likeness (QED) is 0.831. The van der Waals surface area contributed by atoms with Crippen molar-refractivity contribution in [3.05, 3.63) is 59.9 Å². The highest BCUT2D eigenvalue weighted by Gasteiger charge is 2.19. The summed E-state index contributed by atoms with van der Waals surface area (Å²) >= 11 is 0. The number of nitrogens with zero attached hydrogens (tertiary/aromatic N) is 3. The third-order valence-electron chi connectivity index (χ3n) is 3.35. The van der Waals surface area contributed by atoms with Crippen molar-refractivity contribution >= 4 is 17.5 Å². The average molecular weight is 310 g/mol. The first-order chi connectivity index (χ1) is 11.0. The van der Waals surface area contributed by atoms with Crippen LogP contribution in [0.25, 0.3) is 0 Å². The van der Waals surface area contributed by atoms with Crippen molar-refractivity contribution in [1.29, 1.82) is 0 Å². The molecule has 1 heterocycles. The van der Waals surface area contributed by atoms with E-state index in [9.17, 15) is 4.79 Å². The first kappa shape index (κ1) is 16.7. The number of carbonyl (C=O) groups excluding carboxylic acids is 1. The summed E-state index contributed by atoms with van der Waals surface area (Å²) in [6.07, 6.45) is 1.72. The summed E-state index contributed by atoms with van der Waals surface area (Å²) in [5, 5.41) is 3.03. The standard InChI is InChI=1S/C18H22N4O/c1-5-10-19-18-20-14(4)12-16(21-18)17(23)22(6-2)15-9-7-8-13(3)11-15/h5,7-9,11-12H,1,6,10H2,2-4H3,(H,19,20,21). The van der Waals surface area contributed by atoms with E-state index in [0.717, 1.165) is 16.9 Å². The van der Waals surface area contributed by atoms with Crippen molar-refractivity contribution in [3.63, 3.8) is 0 Å². The van der Waals surface area contributed by atoms with E-state index in [-0.39, 0.29) is 5.91 Å². The Hall–Kier alpha value is -2.69. The monoisotopic (exact) mass is 310 g/mol. The predicted octanol–water partition coefficient (Wildman–Crippen LogP) is 3.36. The molecule has 23 heavy (non-hydrogen) atoms. The van der Waals surface area contributed by atoms with Crippen molar-refractivity contribution < 1.29 is 4.79 Å². The molecule has 1 amide bonds. The fourth-order valence-electron chi connectivity index (χ4n) is 2.30. The maximum Gasteiger partial charge on any atom is 0.277 e. The number of aryl methyl sites for hydroxylation is 2. The van der Waals surface area contributed by atoms with Gasteiger partial charge in [-0.25, -0.2) is 9.97 Å². The normalized spacial score (nSPS) is 10.2. The first-order valence-electron chi connectivity index (χ1n) is 7.64. The van der Waals surface area contributed by atoms with Crippen molar-refractivity contribution in [2.75, 3.05) is 23.3 Å². The minimum absolute atomic E-state index is 0.134. The maximum atomic E-state index is 12.9. The van der Waals surface area contributed by atoms with Crippen LogP contribution in [0.5, 0.6) is 0 Å². The Balaban J connectivity index is 2.33. The smallest absolute Gasteiger partial charge is 0.277 e. The molecular weight excluding hydrogens is 288 g/mol. The van der Waals surface area contributed by atoms with Crippen LogP contribution in [0.1, 0.15) is 28.7 Å². The highest BCUT2D eigenvalue weighted by molar-refractivity contribution is 6.05. The average Bonchev–Trinajstić information content (AvgIpc) is 2.53. The molecule has 0 fully saturated rings. The SMILES string of the molecule is C=CCNc1nc(C)cc(C(=O)N(CC)c2cccc(C)c2)n1. The Bertz CT molecular complexity index is 712. The van der Waals surface area contributed by atoms with Gasteiger partial charge in [0, 0.05) is 24.5 Å². The maximum absolute atomic E-state index is 12.9. The highest BCUT2D eigenvalue weighted by Crippen LogP contribution is 2.18. The van der Waals surface area contributed by atoms with E-state index < -0.39 is 0 Å². The Morgan fingerprint density at radius 3 is 2.74 bits per heavy atom. The van der Waals surface area contributed by atoms with E-state index in [4.69, 9.17) is 0 Å². The number of hydrogen-bond acceptors (Lipinski definition) is 4. The number of carbonyl (C=O) groups is 1. The molecule has 1 N–H and O–H groups in total. The molecule has 2 rings (SSSR count). The molecule has 1 aromatic carbocycles. The van der Waals surface area contributed by atoms with Gasteiger partial charge >= 0.3 is 0 Å². The van der Waals surface area contributed by atoms with Gasteiger partial charge in [0.25, 0.3) is 5.91 Å². The number of amides is 1. The lowest BCUT2D eigenvalue weighted by molar-refractivity contribution is 0.0983. The summed E-state index contributed by atoms with van der Waals surface area (Å²) in [5.41, 5.74) is 3.11. The lowest BCUT2D eigenvalue weighted by atomic mass is 10.2. The number of benzene rings is 1. The van der Waals surface area contributed by atoms with Crippen LogP contribution < -0.4 is 10.2 Å². The Morgan fingerprint density at radius 2 is 2.09 bits per heavy atom. The molecule has 5 nitrogen and oxygen atoms in total. The number of rotatable bonds is 6. The van der Waals surface area contributed by atoms with Gasteiger partial charge in [-0.1, -0.05) is 18.2 Å². The number of anilines is 2. The lowest BCUT2D eigenvalue weighted by Gasteiger charge is -2.21. The summed E-state index contributed by atoms with van der Waals surface area (Å²) in [5.74, 6) is 0.304. The van der Waals surface area contributed by atoms with Crippen molar-refractivity contribution in [2.45, 2.75) is 20.8 Å². The zero-order chi connectivity index (χ0) is 16.8. The van der Waals surface area contributed by atoms with E-state index in [1.165, 1.54) is 0 Å². The minimum Gasteiger partial charge on any atom is -0.351 e. The highest BCUT2D eigenvalue weighted by atomic mass is 16.2.